The van der Waals surface area contributed by atoms with E-state index < -0.39 is 0 Å². The number of amides is 1. The van der Waals surface area contributed by atoms with Gasteiger partial charge in [0.1, 0.15) is 0 Å². The molecule has 20 heavy (non-hydrogen) atoms. The van der Waals surface area contributed by atoms with Crippen LogP contribution in [0.15, 0.2) is 41.0 Å². The van der Waals surface area contributed by atoms with Crippen molar-refractivity contribution in [3.05, 3.63) is 40.7 Å². The van der Waals surface area contributed by atoms with E-state index in [0.717, 1.165) is 17.4 Å². The molecule has 110 valence electrons. The number of nitroso groups, excluding NO2 is 1. The van der Waals surface area contributed by atoms with Gasteiger partial charge in [-0.05, 0) is 17.3 Å². The molecule has 1 aliphatic heterocycles. The fourth-order valence-electron chi connectivity index (χ4n) is 1.77. The predicted octanol–water partition coefficient (Wildman–Crippen LogP) is 1.19. The van der Waals surface area contributed by atoms with Crippen LogP contribution in [0.4, 0.5) is 0 Å². The topological polar surface area (TPSA) is 61.8 Å². The summed E-state index contributed by atoms with van der Waals surface area (Å²) in [6.07, 6.45) is 7.21. The number of allylic oxidation sites excluding steroid dienone is 1. The van der Waals surface area contributed by atoms with Crippen LogP contribution in [0.2, 0.25) is 0 Å². The van der Waals surface area contributed by atoms with Crippen LogP contribution in [0.25, 0.3) is 0 Å². The first-order valence-electron chi connectivity index (χ1n) is 6.57. The maximum atomic E-state index is 12.0. The Balaban J connectivity index is 2.52. The number of carbonyl (C=O) groups excluding carboxylic acids is 1. The van der Waals surface area contributed by atoms with E-state index in [2.05, 4.69) is 31.6 Å². The van der Waals surface area contributed by atoms with Crippen molar-refractivity contribution in [2.45, 2.75) is 6.42 Å². The molecule has 0 spiro atoms. The molecule has 0 aromatic heterocycles. The average Bonchev–Trinajstić information content (AvgIpc) is 2.36. The van der Waals surface area contributed by atoms with E-state index >= 15 is 0 Å². The van der Waals surface area contributed by atoms with Crippen LogP contribution in [0.5, 0.6) is 0 Å². The molecule has 0 bridgehead atoms. The second kappa shape index (κ2) is 7.00. The Morgan fingerprint density at radius 2 is 2.15 bits per heavy atom. The van der Waals surface area contributed by atoms with Crippen LogP contribution < -0.4 is 5.32 Å². The van der Waals surface area contributed by atoms with Gasteiger partial charge in [-0.2, -0.15) is 0 Å². The van der Waals surface area contributed by atoms with E-state index in [0.29, 0.717) is 17.8 Å². The third-order valence-corrected chi connectivity index (χ3v) is 2.93. The minimum absolute atomic E-state index is 0.132. The molecule has 1 rings (SSSR count). The van der Waals surface area contributed by atoms with Crippen LogP contribution in [0.3, 0.4) is 0 Å². The Bertz CT molecular complexity index is 458. The molecule has 0 atom stereocenters. The summed E-state index contributed by atoms with van der Waals surface area (Å²) in [6, 6.07) is 0. The standard InChI is InChI=1S/C14H22N4O2/c1-17-8-6-12(10-13(17)11-16-20)14(19)15-7-5-9-18(2,3)4/h6,8,10-11H,5,7,9H2,1-4H3/p+1. The summed E-state index contributed by atoms with van der Waals surface area (Å²) in [5.41, 5.74) is 1.13. The summed E-state index contributed by atoms with van der Waals surface area (Å²) in [4.78, 5) is 24.0. The number of likely N-dealkylation sites (N-methyl/N-ethyl adjacent to an activating group) is 1. The van der Waals surface area contributed by atoms with Gasteiger partial charge in [0.2, 0.25) is 0 Å². The van der Waals surface area contributed by atoms with Gasteiger partial charge < -0.3 is 14.7 Å². The first kappa shape index (κ1) is 16.1. The van der Waals surface area contributed by atoms with E-state index in [9.17, 15) is 9.70 Å². The van der Waals surface area contributed by atoms with Crippen LogP contribution in [-0.4, -0.2) is 56.6 Å². The van der Waals surface area contributed by atoms with Gasteiger partial charge in [0.05, 0.1) is 39.6 Å². The van der Waals surface area contributed by atoms with Crippen molar-refractivity contribution in [1.29, 1.82) is 0 Å². The van der Waals surface area contributed by atoms with Gasteiger partial charge in [-0.25, -0.2) is 0 Å². The zero-order chi connectivity index (χ0) is 15.2. The second-order valence-electron chi connectivity index (χ2n) is 5.81. The Morgan fingerprint density at radius 1 is 1.45 bits per heavy atom. The third kappa shape index (κ3) is 5.36. The van der Waals surface area contributed by atoms with E-state index in [1.165, 1.54) is 6.20 Å². The Kier molecular flexibility index (Phi) is 5.64. The quantitative estimate of drug-likeness (QED) is 0.451. The molecule has 1 amide bonds. The maximum absolute atomic E-state index is 12.0. The maximum Gasteiger partial charge on any atom is 0.251 e. The van der Waals surface area contributed by atoms with Gasteiger partial charge in [0.15, 0.2) is 0 Å². The summed E-state index contributed by atoms with van der Waals surface area (Å²) < 4.78 is 0.876. The minimum Gasteiger partial charge on any atom is -0.352 e. The highest BCUT2D eigenvalue weighted by molar-refractivity contribution is 5.96. The summed E-state index contributed by atoms with van der Waals surface area (Å²) >= 11 is 0. The van der Waals surface area contributed by atoms with E-state index in [1.807, 2.05) is 0 Å². The van der Waals surface area contributed by atoms with Crippen LogP contribution in [0, 0.1) is 4.91 Å². The van der Waals surface area contributed by atoms with E-state index in [4.69, 9.17) is 0 Å². The fourth-order valence-corrected chi connectivity index (χ4v) is 1.77. The van der Waals surface area contributed by atoms with Gasteiger partial charge in [-0.3, -0.25) is 4.79 Å². The largest absolute Gasteiger partial charge is 0.352 e. The molecule has 0 radical (unpaired) electrons. The van der Waals surface area contributed by atoms with Gasteiger partial charge in [-0.1, -0.05) is 0 Å². The van der Waals surface area contributed by atoms with Crippen molar-refractivity contribution in [2.75, 3.05) is 41.3 Å². The second-order valence-corrected chi connectivity index (χ2v) is 5.81. The summed E-state index contributed by atoms with van der Waals surface area (Å²) in [5.74, 6) is -0.132. The molecule has 1 aliphatic rings. The Hall–Kier alpha value is -1.95. The molecule has 0 fully saturated rings. The Labute approximate surface area is 120 Å². The molecule has 0 unspecified atom stereocenters. The van der Waals surface area contributed by atoms with Gasteiger partial charge in [0.25, 0.3) is 5.91 Å². The molecule has 6 nitrogen and oxygen atoms in total. The van der Waals surface area contributed by atoms with E-state index in [-0.39, 0.29) is 5.91 Å². The molecule has 6 heteroatoms. The lowest BCUT2D eigenvalue weighted by molar-refractivity contribution is -0.870. The lowest BCUT2D eigenvalue weighted by Gasteiger charge is -2.24. The summed E-state index contributed by atoms with van der Waals surface area (Å²) in [6.45, 7) is 1.64. The number of carbonyl (C=O) groups is 1. The van der Waals surface area contributed by atoms with Gasteiger partial charge in [-0.15, -0.1) is 4.91 Å². The van der Waals surface area contributed by atoms with Gasteiger partial charge >= 0.3 is 0 Å². The van der Waals surface area contributed by atoms with Gasteiger partial charge in [0, 0.05) is 31.8 Å². The normalized spacial score (nSPS) is 17.1. The van der Waals surface area contributed by atoms with Crippen molar-refractivity contribution >= 4 is 5.91 Å². The van der Waals surface area contributed by atoms with Crippen molar-refractivity contribution in [1.82, 2.24) is 10.2 Å². The lowest BCUT2D eigenvalue weighted by Crippen LogP contribution is -2.37. The highest BCUT2D eigenvalue weighted by Crippen LogP contribution is 2.15. The summed E-state index contributed by atoms with van der Waals surface area (Å²) in [5, 5.41) is 5.62. The number of hydrogen-bond acceptors (Lipinski definition) is 4. The Morgan fingerprint density at radius 3 is 2.75 bits per heavy atom. The monoisotopic (exact) mass is 279 g/mol. The SMILES string of the molecule is CN1C=CC(C(=O)NCCC[N+](C)(C)C)=CC1=CN=O. The molecule has 1 N–H and O–H groups in total. The highest BCUT2D eigenvalue weighted by atomic mass is 16.2. The lowest BCUT2D eigenvalue weighted by atomic mass is 10.1. The third-order valence-electron chi connectivity index (χ3n) is 2.93. The van der Waals surface area contributed by atoms with Crippen molar-refractivity contribution in [2.24, 2.45) is 5.18 Å². The number of hydrogen-bond donors (Lipinski definition) is 1. The average molecular weight is 279 g/mol. The zero-order valence-corrected chi connectivity index (χ0v) is 12.6. The van der Waals surface area contributed by atoms with E-state index in [1.54, 1.807) is 30.3 Å². The first-order valence-corrected chi connectivity index (χ1v) is 6.57. The summed E-state index contributed by atoms with van der Waals surface area (Å²) in [7, 11) is 8.15. The molecule has 0 aromatic carbocycles. The molecular weight excluding hydrogens is 256 g/mol. The molecule has 0 saturated heterocycles. The number of rotatable bonds is 6. The van der Waals surface area contributed by atoms with Crippen molar-refractivity contribution < 1.29 is 9.28 Å². The molecule has 0 aromatic rings. The van der Waals surface area contributed by atoms with Crippen LogP contribution in [0.1, 0.15) is 6.42 Å². The molecule has 0 saturated carbocycles. The number of nitrogens with zero attached hydrogens (tertiary/aromatic N) is 3. The highest BCUT2D eigenvalue weighted by Gasteiger charge is 2.13. The smallest absolute Gasteiger partial charge is 0.251 e. The predicted molar refractivity (Wildman–Crippen MR) is 79.4 cm³/mol. The molecular formula is C14H23N4O2+. The van der Waals surface area contributed by atoms with Crippen LogP contribution >= 0.6 is 0 Å². The molecule has 1 heterocycles. The number of nitrogens with one attached hydrogen (secondary N) is 1. The van der Waals surface area contributed by atoms with Crippen LogP contribution in [-0.2, 0) is 4.79 Å². The van der Waals surface area contributed by atoms with Crippen molar-refractivity contribution in [3.63, 3.8) is 0 Å². The molecule has 0 aliphatic carbocycles. The van der Waals surface area contributed by atoms with Crippen molar-refractivity contribution in [3.8, 4) is 0 Å². The first-order chi connectivity index (χ1) is 9.33. The zero-order valence-electron chi connectivity index (χ0n) is 12.6. The number of quaternary nitrogens is 1. The fraction of sp³-hybridized carbons (Fsp3) is 0.500. The minimum atomic E-state index is -0.132.